The largest absolute Gasteiger partial charge is 0.495 e. The summed E-state index contributed by atoms with van der Waals surface area (Å²) in [6.07, 6.45) is 0. The maximum Gasteiger partial charge on any atom is 0.282 e. The van der Waals surface area contributed by atoms with E-state index in [1.165, 1.54) is 21.9 Å². The van der Waals surface area contributed by atoms with Gasteiger partial charge in [-0.25, -0.2) is 4.39 Å². The van der Waals surface area contributed by atoms with Gasteiger partial charge in [-0.2, -0.15) is 0 Å². The summed E-state index contributed by atoms with van der Waals surface area (Å²) in [5.74, 6) is 0.157. The quantitative estimate of drug-likeness (QED) is 0.496. The highest BCUT2D eigenvalue weighted by Crippen LogP contribution is 2.22. The van der Waals surface area contributed by atoms with E-state index in [2.05, 4.69) is 10.6 Å². The molecule has 0 aliphatic carbocycles. The van der Waals surface area contributed by atoms with Gasteiger partial charge in [0, 0.05) is 5.69 Å². The Morgan fingerprint density at radius 2 is 1.70 bits per heavy atom. The maximum absolute atomic E-state index is 13.0. The molecule has 1 atom stereocenters. The van der Waals surface area contributed by atoms with E-state index >= 15 is 0 Å². The first-order chi connectivity index (χ1) is 14.5. The smallest absolute Gasteiger partial charge is 0.282 e. The highest BCUT2D eigenvalue weighted by Gasteiger charge is 2.32. The molecular formula is C22H29FN4O3+2. The molecule has 1 saturated heterocycles. The number of nitrogens with one attached hydrogen (secondary N) is 4. The van der Waals surface area contributed by atoms with Crippen molar-refractivity contribution >= 4 is 23.2 Å². The minimum Gasteiger partial charge on any atom is -0.495 e. The van der Waals surface area contributed by atoms with Gasteiger partial charge in [-0.05, 0) is 43.3 Å². The van der Waals surface area contributed by atoms with E-state index in [1.807, 2.05) is 31.2 Å². The standard InChI is InChI=1S/C22H27FN4O3/c1-16(22(29)25-19-5-3-4-6-20(19)30-2)27-13-11-26(12-14-27)15-21(28)24-18-9-7-17(23)8-10-18/h3-10,16H,11-15H2,1-2H3,(H,24,28)(H,25,29)/p+2/t16-/m0/s1. The fourth-order valence-electron chi connectivity index (χ4n) is 3.67. The topological polar surface area (TPSA) is 76.3 Å². The number of benzene rings is 2. The molecule has 1 fully saturated rings. The minimum atomic E-state index is -0.332. The van der Waals surface area contributed by atoms with Crippen LogP contribution in [0.4, 0.5) is 15.8 Å². The average Bonchev–Trinajstić information content (AvgIpc) is 2.75. The predicted molar refractivity (Wildman–Crippen MR) is 112 cm³/mol. The van der Waals surface area contributed by atoms with E-state index < -0.39 is 0 Å². The van der Waals surface area contributed by atoms with E-state index in [4.69, 9.17) is 4.74 Å². The number of rotatable bonds is 7. The third kappa shape index (κ3) is 5.77. The molecule has 1 aliphatic rings. The Labute approximate surface area is 175 Å². The van der Waals surface area contributed by atoms with Crippen molar-refractivity contribution in [2.24, 2.45) is 0 Å². The number of anilines is 2. The van der Waals surface area contributed by atoms with E-state index in [1.54, 1.807) is 19.2 Å². The van der Waals surface area contributed by atoms with E-state index in [9.17, 15) is 14.0 Å². The zero-order chi connectivity index (χ0) is 21.5. The highest BCUT2D eigenvalue weighted by molar-refractivity contribution is 5.95. The summed E-state index contributed by atoms with van der Waals surface area (Å²) >= 11 is 0. The van der Waals surface area contributed by atoms with Gasteiger partial charge >= 0.3 is 0 Å². The van der Waals surface area contributed by atoms with Crippen molar-refractivity contribution in [1.82, 2.24) is 0 Å². The van der Waals surface area contributed by atoms with Crippen molar-refractivity contribution in [1.29, 1.82) is 0 Å². The van der Waals surface area contributed by atoms with Crippen LogP contribution in [0, 0.1) is 5.82 Å². The number of methoxy groups -OCH3 is 1. The molecule has 1 aliphatic heterocycles. The van der Waals surface area contributed by atoms with Gasteiger partial charge in [0.15, 0.2) is 12.6 Å². The maximum atomic E-state index is 13.0. The molecule has 2 amide bonds. The van der Waals surface area contributed by atoms with E-state index in [0.29, 0.717) is 23.7 Å². The lowest BCUT2D eigenvalue weighted by atomic mass is 10.2. The second kappa shape index (κ2) is 10.2. The molecule has 0 aromatic heterocycles. The molecule has 0 spiro atoms. The van der Waals surface area contributed by atoms with E-state index in [-0.39, 0.29) is 23.7 Å². The van der Waals surface area contributed by atoms with Gasteiger partial charge in [0.1, 0.15) is 37.7 Å². The Morgan fingerprint density at radius 3 is 2.37 bits per heavy atom. The van der Waals surface area contributed by atoms with Gasteiger partial charge in [0.2, 0.25) is 0 Å². The molecule has 0 radical (unpaired) electrons. The number of hydrogen-bond acceptors (Lipinski definition) is 3. The normalized spacial score (nSPS) is 19.6. The molecular weight excluding hydrogens is 387 g/mol. The summed E-state index contributed by atoms with van der Waals surface area (Å²) in [5.41, 5.74) is 1.25. The first-order valence-corrected chi connectivity index (χ1v) is 10.1. The minimum absolute atomic E-state index is 0.0491. The van der Waals surface area contributed by atoms with Gasteiger partial charge in [-0.3, -0.25) is 9.59 Å². The number of carbonyl (C=O) groups is 2. The second-order valence-corrected chi connectivity index (χ2v) is 7.55. The Morgan fingerprint density at radius 1 is 1.03 bits per heavy atom. The molecule has 30 heavy (non-hydrogen) atoms. The van der Waals surface area contributed by atoms with Gasteiger partial charge < -0.3 is 25.2 Å². The first-order valence-electron chi connectivity index (χ1n) is 10.1. The molecule has 8 heteroatoms. The third-order valence-electron chi connectivity index (χ3n) is 5.51. The SMILES string of the molecule is COc1ccccc1NC(=O)[C@H](C)[NH+]1CC[NH+](CC(=O)Nc2ccc(F)cc2)CC1. The lowest BCUT2D eigenvalue weighted by Crippen LogP contribution is -3.30. The number of ether oxygens (including phenoxy) is 1. The van der Waals surface area contributed by atoms with Crippen molar-refractivity contribution < 1.29 is 28.5 Å². The van der Waals surface area contributed by atoms with Crippen LogP contribution in [0.3, 0.4) is 0 Å². The van der Waals surface area contributed by atoms with Crippen LogP contribution in [0.2, 0.25) is 0 Å². The Hall–Kier alpha value is -2.97. The van der Waals surface area contributed by atoms with Crippen LogP contribution in [0.5, 0.6) is 5.75 Å². The first kappa shape index (κ1) is 21.7. The average molecular weight is 416 g/mol. The van der Waals surface area contributed by atoms with Crippen molar-refractivity contribution in [3.63, 3.8) is 0 Å². The Kier molecular flexibility index (Phi) is 7.37. The van der Waals surface area contributed by atoms with Crippen molar-refractivity contribution in [3.05, 3.63) is 54.3 Å². The number of para-hydroxylation sites is 2. The molecule has 2 aromatic carbocycles. The predicted octanol–water partition coefficient (Wildman–Crippen LogP) is -0.417. The zero-order valence-corrected chi connectivity index (χ0v) is 17.3. The van der Waals surface area contributed by atoms with Crippen molar-refractivity contribution in [2.75, 3.05) is 50.5 Å². The number of piperazine rings is 1. The molecule has 1 heterocycles. The summed E-state index contributed by atoms with van der Waals surface area (Å²) in [6.45, 7) is 5.50. The lowest BCUT2D eigenvalue weighted by molar-refractivity contribution is -1.01. The summed E-state index contributed by atoms with van der Waals surface area (Å²) in [7, 11) is 1.58. The van der Waals surface area contributed by atoms with Crippen molar-refractivity contribution in [3.8, 4) is 5.75 Å². The fraction of sp³-hybridized carbons (Fsp3) is 0.364. The molecule has 2 aromatic rings. The van der Waals surface area contributed by atoms with Crippen molar-refractivity contribution in [2.45, 2.75) is 13.0 Å². The zero-order valence-electron chi connectivity index (χ0n) is 17.3. The van der Waals surface area contributed by atoms with Gasteiger partial charge in [0.05, 0.1) is 12.8 Å². The van der Waals surface area contributed by atoms with Crippen LogP contribution in [-0.4, -0.2) is 57.7 Å². The summed E-state index contributed by atoms with van der Waals surface area (Å²) in [4.78, 5) is 27.3. The highest BCUT2D eigenvalue weighted by atomic mass is 19.1. The summed E-state index contributed by atoms with van der Waals surface area (Å²) in [6, 6.07) is 12.9. The monoisotopic (exact) mass is 416 g/mol. The second-order valence-electron chi connectivity index (χ2n) is 7.55. The number of amides is 2. The van der Waals surface area contributed by atoms with E-state index in [0.717, 1.165) is 26.2 Å². The number of carbonyl (C=O) groups excluding carboxylic acids is 2. The van der Waals surface area contributed by atoms with Crippen LogP contribution < -0.4 is 25.2 Å². The Balaban J connectivity index is 1.45. The molecule has 0 saturated carbocycles. The third-order valence-corrected chi connectivity index (χ3v) is 5.51. The Bertz CT molecular complexity index is 867. The molecule has 4 N–H and O–H groups in total. The van der Waals surface area contributed by atoms with Crippen LogP contribution in [0.25, 0.3) is 0 Å². The number of halogens is 1. The number of quaternary nitrogens is 2. The van der Waals surface area contributed by atoms with Gasteiger partial charge in [-0.1, -0.05) is 12.1 Å². The summed E-state index contributed by atoms with van der Waals surface area (Å²) < 4.78 is 18.3. The van der Waals surface area contributed by atoms with Gasteiger partial charge in [0.25, 0.3) is 11.8 Å². The molecule has 0 bridgehead atoms. The summed E-state index contributed by atoms with van der Waals surface area (Å²) in [5, 5.41) is 5.75. The fourth-order valence-corrected chi connectivity index (χ4v) is 3.67. The molecule has 7 nitrogen and oxygen atoms in total. The van der Waals surface area contributed by atoms with Crippen LogP contribution in [-0.2, 0) is 9.59 Å². The van der Waals surface area contributed by atoms with Crippen LogP contribution in [0.15, 0.2) is 48.5 Å². The number of hydrogen-bond donors (Lipinski definition) is 4. The van der Waals surface area contributed by atoms with Crippen LogP contribution >= 0.6 is 0 Å². The molecule has 0 unspecified atom stereocenters. The lowest BCUT2D eigenvalue weighted by Gasteiger charge is -2.32. The van der Waals surface area contributed by atoms with Gasteiger partial charge in [-0.15, -0.1) is 0 Å². The van der Waals surface area contributed by atoms with Crippen LogP contribution in [0.1, 0.15) is 6.92 Å². The molecule has 160 valence electrons. The molecule has 3 rings (SSSR count).